The monoisotopic (exact) mass is 279 g/mol. The van der Waals surface area contributed by atoms with Crippen LogP contribution in [0.1, 0.15) is 11.3 Å². The second kappa shape index (κ2) is 5.20. The molecular formula is C16H13N3O2. The molecule has 104 valence electrons. The number of rotatable bonds is 3. The van der Waals surface area contributed by atoms with Crippen LogP contribution in [0.2, 0.25) is 0 Å². The molecule has 0 aliphatic carbocycles. The number of aromatic amines is 1. The first-order valence-electron chi connectivity index (χ1n) is 6.50. The summed E-state index contributed by atoms with van der Waals surface area (Å²) in [7, 11) is 0. The fourth-order valence-corrected chi connectivity index (χ4v) is 2.43. The quantitative estimate of drug-likeness (QED) is 0.585. The van der Waals surface area contributed by atoms with Gasteiger partial charge in [0.2, 0.25) is 6.20 Å². The lowest BCUT2D eigenvalue weighted by molar-refractivity contribution is -0.400. The maximum Gasteiger partial charge on any atom is 0.235 e. The van der Waals surface area contributed by atoms with E-state index in [1.165, 1.54) is 6.08 Å². The zero-order valence-corrected chi connectivity index (χ0v) is 11.4. The van der Waals surface area contributed by atoms with Gasteiger partial charge in [0, 0.05) is 28.9 Å². The van der Waals surface area contributed by atoms with E-state index in [4.69, 9.17) is 0 Å². The normalized spacial score (nSPS) is 11.3. The summed E-state index contributed by atoms with van der Waals surface area (Å²) < 4.78 is 0. The minimum absolute atomic E-state index is 0.469. The first-order valence-corrected chi connectivity index (χ1v) is 6.50. The van der Waals surface area contributed by atoms with Crippen LogP contribution >= 0.6 is 0 Å². The largest absolute Gasteiger partial charge is 0.343 e. The molecule has 0 fully saturated rings. The lowest BCUT2D eigenvalue weighted by Gasteiger charge is -2.02. The van der Waals surface area contributed by atoms with E-state index in [9.17, 15) is 10.1 Å². The van der Waals surface area contributed by atoms with Gasteiger partial charge in [-0.15, -0.1) is 0 Å². The van der Waals surface area contributed by atoms with Crippen LogP contribution in [0, 0.1) is 17.0 Å². The summed E-state index contributed by atoms with van der Waals surface area (Å²) in [5, 5.41) is 11.4. The number of nitrogens with zero attached hydrogens (tertiary/aromatic N) is 2. The van der Waals surface area contributed by atoms with Gasteiger partial charge >= 0.3 is 0 Å². The fraction of sp³-hybridized carbons (Fsp3) is 0.0625. The maximum atomic E-state index is 10.3. The second-order valence-corrected chi connectivity index (χ2v) is 4.75. The number of benzene rings is 1. The minimum Gasteiger partial charge on any atom is -0.343 e. The standard InChI is InChI=1S/C16H13N3O2/c1-11-15(14-3-2-9-17-16(14)18-11)13-6-4-12(5-7-13)8-10-19(20)21/h2-10H,1H3,(H,17,18). The Labute approximate surface area is 121 Å². The molecule has 2 aromatic heterocycles. The Kier molecular flexibility index (Phi) is 3.23. The highest BCUT2D eigenvalue weighted by molar-refractivity contribution is 5.95. The lowest BCUT2D eigenvalue weighted by Crippen LogP contribution is -1.83. The van der Waals surface area contributed by atoms with Crippen molar-refractivity contribution in [3.63, 3.8) is 0 Å². The van der Waals surface area contributed by atoms with Crippen molar-refractivity contribution in [1.29, 1.82) is 0 Å². The molecule has 0 radical (unpaired) electrons. The van der Waals surface area contributed by atoms with Gasteiger partial charge in [-0.3, -0.25) is 10.1 Å². The summed E-state index contributed by atoms with van der Waals surface area (Å²) in [6.45, 7) is 2.01. The third-order valence-corrected chi connectivity index (χ3v) is 3.35. The van der Waals surface area contributed by atoms with Gasteiger partial charge in [-0.2, -0.15) is 0 Å². The van der Waals surface area contributed by atoms with Crippen LogP contribution in [0.25, 0.3) is 28.2 Å². The van der Waals surface area contributed by atoms with E-state index in [1.807, 2.05) is 43.3 Å². The van der Waals surface area contributed by atoms with Crippen LogP contribution in [-0.4, -0.2) is 14.9 Å². The van der Waals surface area contributed by atoms with Crippen molar-refractivity contribution in [2.24, 2.45) is 0 Å². The van der Waals surface area contributed by atoms with Crippen molar-refractivity contribution in [2.45, 2.75) is 6.92 Å². The maximum absolute atomic E-state index is 10.3. The van der Waals surface area contributed by atoms with E-state index in [-0.39, 0.29) is 0 Å². The van der Waals surface area contributed by atoms with Crippen molar-refractivity contribution in [1.82, 2.24) is 9.97 Å². The summed E-state index contributed by atoms with van der Waals surface area (Å²) in [5.74, 6) is 0. The molecule has 21 heavy (non-hydrogen) atoms. The van der Waals surface area contributed by atoms with Crippen molar-refractivity contribution in [3.8, 4) is 11.1 Å². The van der Waals surface area contributed by atoms with E-state index in [0.717, 1.165) is 39.6 Å². The van der Waals surface area contributed by atoms with Gasteiger partial charge in [0.25, 0.3) is 0 Å². The molecule has 3 aromatic rings. The van der Waals surface area contributed by atoms with Gasteiger partial charge in [-0.1, -0.05) is 24.3 Å². The Bertz CT molecular complexity index is 832. The number of pyridine rings is 1. The third kappa shape index (κ3) is 2.53. The highest BCUT2D eigenvalue weighted by Crippen LogP contribution is 2.31. The Morgan fingerprint density at radius 3 is 2.71 bits per heavy atom. The van der Waals surface area contributed by atoms with E-state index in [2.05, 4.69) is 9.97 Å². The van der Waals surface area contributed by atoms with Crippen LogP contribution in [0.5, 0.6) is 0 Å². The molecule has 0 spiro atoms. The van der Waals surface area contributed by atoms with Crippen molar-refractivity contribution in [3.05, 3.63) is 70.2 Å². The lowest BCUT2D eigenvalue weighted by atomic mass is 10.0. The molecule has 5 nitrogen and oxygen atoms in total. The number of aromatic nitrogens is 2. The number of fused-ring (bicyclic) bond motifs is 1. The molecular weight excluding hydrogens is 266 g/mol. The summed E-state index contributed by atoms with van der Waals surface area (Å²) in [4.78, 5) is 17.4. The predicted molar refractivity (Wildman–Crippen MR) is 82.3 cm³/mol. The molecule has 0 atom stereocenters. The third-order valence-electron chi connectivity index (χ3n) is 3.35. The van der Waals surface area contributed by atoms with Crippen LogP contribution < -0.4 is 0 Å². The summed E-state index contributed by atoms with van der Waals surface area (Å²) in [5.41, 5.74) is 4.89. The van der Waals surface area contributed by atoms with Gasteiger partial charge < -0.3 is 4.98 Å². The zero-order chi connectivity index (χ0) is 14.8. The summed E-state index contributed by atoms with van der Waals surface area (Å²) >= 11 is 0. The predicted octanol–water partition coefficient (Wildman–Crippen LogP) is 3.79. The summed E-state index contributed by atoms with van der Waals surface area (Å²) in [6, 6.07) is 11.6. The van der Waals surface area contributed by atoms with Crippen LogP contribution in [0.15, 0.2) is 48.8 Å². The van der Waals surface area contributed by atoms with Crippen molar-refractivity contribution in [2.75, 3.05) is 0 Å². The Morgan fingerprint density at radius 2 is 2.00 bits per heavy atom. The topological polar surface area (TPSA) is 71.8 Å². The van der Waals surface area contributed by atoms with Crippen LogP contribution in [0.4, 0.5) is 0 Å². The fourth-order valence-electron chi connectivity index (χ4n) is 2.43. The van der Waals surface area contributed by atoms with E-state index >= 15 is 0 Å². The van der Waals surface area contributed by atoms with E-state index < -0.39 is 4.92 Å². The molecule has 0 bridgehead atoms. The van der Waals surface area contributed by atoms with Crippen molar-refractivity contribution < 1.29 is 4.92 Å². The van der Waals surface area contributed by atoms with Gasteiger partial charge in [-0.25, -0.2) is 4.98 Å². The summed E-state index contributed by atoms with van der Waals surface area (Å²) in [6.07, 6.45) is 4.18. The number of nitro groups is 1. The Morgan fingerprint density at radius 1 is 1.24 bits per heavy atom. The number of H-pyrrole nitrogens is 1. The average molecular weight is 279 g/mol. The second-order valence-electron chi connectivity index (χ2n) is 4.75. The molecule has 0 aliphatic heterocycles. The van der Waals surface area contributed by atoms with Crippen molar-refractivity contribution >= 4 is 17.1 Å². The molecule has 0 saturated heterocycles. The Balaban J connectivity index is 2.03. The van der Waals surface area contributed by atoms with Gasteiger partial charge in [0.15, 0.2) is 0 Å². The highest BCUT2D eigenvalue weighted by atomic mass is 16.6. The smallest absolute Gasteiger partial charge is 0.235 e. The van der Waals surface area contributed by atoms with Gasteiger partial charge in [-0.05, 0) is 30.2 Å². The average Bonchev–Trinajstić information content (AvgIpc) is 2.81. The molecule has 0 saturated carbocycles. The SMILES string of the molecule is Cc1[nH]c2ncccc2c1-c1ccc(C=C[N+](=O)[O-])cc1. The number of hydrogen-bond donors (Lipinski definition) is 1. The molecule has 3 rings (SSSR count). The molecule has 0 aliphatic rings. The number of nitrogens with one attached hydrogen (secondary N) is 1. The van der Waals surface area contributed by atoms with Crippen LogP contribution in [0.3, 0.4) is 0 Å². The Hall–Kier alpha value is -2.95. The van der Waals surface area contributed by atoms with E-state index in [1.54, 1.807) is 6.20 Å². The van der Waals surface area contributed by atoms with E-state index in [0.29, 0.717) is 0 Å². The minimum atomic E-state index is -0.469. The molecule has 1 N–H and O–H groups in total. The highest BCUT2D eigenvalue weighted by Gasteiger charge is 2.10. The van der Waals surface area contributed by atoms with Gasteiger partial charge in [0.05, 0.1) is 4.92 Å². The van der Waals surface area contributed by atoms with Gasteiger partial charge in [0.1, 0.15) is 5.65 Å². The molecule has 1 aromatic carbocycles. The number of hydrogen-bond acceptors (Lipinski definition) is 3. The molecule has 0 amide bonds. The molecule has 2 heterocycles. The zero-order valence-electron chi connectivity index (χ0n) is 11.4. The first kappa shape index (κ1) is 13.1. The first-order chi connectivity index (χ1) is 10.1. The molecule has 5 heteroatoms. The molecule has 0 unspecified atom stereocenters. The van der Waals surface area contributed by atoms with Crippen LogP contribution in [-0.2, 0) is 0 Å². The number of aryl methyl sites for hydroxylation is 1.